The number of halogens is 3. The van der Waals surface area contributed by atoms with Crippen LogP contribution in [0.3, 0.4) is 0 Å². The van der Waals surface area contributed by atoms with E-state index in [0.29, 0.717) is 12.0 Å². The molecule has 1 aromatic carbocycles. The summed E-state index contributed by atoms with van der Waals surface area (Å²) < 4.78 is 16.0. The Hall–Kier alpha value is -1.13. The molecule has 3 nitrogen and oxygen atoms in total. The van der Waals surface area contributed by atoms with Crippen molar-refractivity contribution in [2.24, 2.45) is 0 Å². The van der Waals surface area contributed by atoms with Gasteiger partial charge < -0.3 is 0 Å². The third-order valence-electron chi connectivity index (χ3n) is 3.59. The molecule has 21 heavy (non-hydrogen) atoms. The van der Waals surface area contributed by atoms with E-state index in [-0.39, 0.29) is 23.6 Å². The van der Waals surface area contributed by atoms with Crippen molar-refractivity contribution >= 4 is 23.2 Å². The molecule has 0 aliphatic carbocycles. The van der Waals surface area contributed by atoms with E-state index in [1.165, 1.54) is 12.4 Å². The van der Waals surface area contributed by atoms with Crippen LogP contribution in [0, 0.1) is 5.82 Å². The number of aromatic nitrogens is 3. The second-order valence-corrected chi connectivity index (χ2v) is 5.95. The largest absolute Gasteiger partial charge is 0.248 e. The molecule has 0 N–H and O–H groups in total. The van der Waals surface area contributed by atoms with Crippen molar-refractivity contribution in [1.29, 1.82) is 0 Å². The van der Waals surface area contributed by atoms with Crippen LogP contribution in [0.4, 0.5) is 4.39 Å². The summed E-state index contributed by atoms with van der Waals surface area (Å²) in [6.07, 6.45) is 1.95. The fraction of sp³-hybridized carbons (Fsp3) is 0.467. The maximum atomic E-state index is 14.2. The van der Waals surface area contributed by atoms with Gasteiger partial charge in [-0.05, 0) is 25.5 Å². The van der Waals surface area contributed by atoms with Gasteiger partial charge in [-0.1, -0.05) is 18.2 Å². The molecule has 1 heterocycles. The lowest BCUT2D eigenvalue weighted by molar-refractivity contribution is 0.440. The predicted octanol–water partition coefficient (Wildman–Crippen LogP) is 3.96. The Morgan fingerprint density at radius 1 is 1.24 bits per heavy atom. The highest BCUT2D eigenvalue weighted by atomic mass is 35.5. The van der Waals surface area contributed by atoms with Gasteiger partial charge in [-0.2, -0.15) is 5.10 Å². The van der Waals surface area contributed by atoms with Gasteiger partial charge in [0.25, 0.3) is 0 Å². The molecule has 0 fully saturated rings. The van der Waals surface area contributed by atoms with Crippen LogP contribution in [0.15, 0.2) is 30.6 Å². The zero-order valence-electron chi connectivity index (χ0n) is 12.1. The van der Waals surface area contributed by atoms with Crippen LogP contribution >= 0.6 is 23.2 Å². The van der Waals surface area contributed by atoms with Crippen LogP contribution in [0.5, 0.6) is 0 Å². The molecule has 0 amide bonds. The molecule has 0 saturated heterocycles. The second-order valence-electron chi connectivity index (χ2n) is 5.42. The minimum absolute atomic E-state index is 0.173. The van der Waals surface area contributed by atoms with E-state index in [4.69, 9.17) is 23.2 Å². The number of nitrogens with zero attached hydrogens (tertiary/aromatic N) is 3. The molecule has 0 aliphatic rings. The number of benzene rings is 1. The number of hydrogen-bond acceptors (Lipinski definition) is 2. The predicted molar refractivity (Wildman–Crippen MR) is 83.6 cm³/mol. The fourth-order valence-electron chi connectivity index (χ4n) is 2.40. The summed E-state index contributed by atoms with van der Waals surface area (Å²) in [5.74, 6) is 0.883. The maximum Gasteiger partial charge on any atom is 0.138 e. The quantitative estimate of drug-likeness (QED) is 0.751. The molecule has 0 spiro atoms. The van der Waals surface area contributed by atoms with Gasteiger partial charge in [0.1, 0.15) is 18.0 Å². The van der Waals surface area contributed by atoms with Crippen LogP contribution in [0.25, 0.3) is 0 Å². The average Bonchev–Trinajstić information content (AvgIpc) is 2.94. The number of hydrogen-bond donors (Lipinski definition) is 0. The first kappa shape index (κ1) is 16.2. The standard InChI is InChI=1S/C15H18Cl2FN3/c1-11(2)21-14(19-10-20-21)7-15(8-16,9-17)12-5-3-4-6-13(12)18/h3-6,10-11H,7-9H2,1-2H3. The third-order valence-corrected chi connectivity index (χ3v) is 4.61. The van der Waals surface area contributed by atoms with Gasteiger partial charge in [0.05, 0.1) is 0 Å². The molecule has 0 bridgehead atoms. The Morgan fingerprint density at radius 2 is 1.90 bits per heavy atom. The smallest absolute Gasteiger partial charge is 0.138 e. The van der Waals surface area contributed by atoms with Crippen molar-refractivity contribution < 1.29 is 4.39 Å². The first-order valence-electron chi connectivity index (χ1n) is 6.79. The van der Waals surface area contributed by atoms with Gasteiger partial charge in [-0.3, -0.25) is 0 Å². The molecule has 1 aromatic heterocycles. The van der Waals surface area contributed by atoms with Gasteiger partial charge in [0.2, 0.25) is 0 Å². The molecular formula is C15H18Cl2FN3. The van der Waals surface area contributed by atoms with Crippen LogP contribution in [0.2, 0.25) is 0 Å². The van der Waals surface area contributed by atoms with Gasteiger partial charge in [-0.25, -0.2) is 14.1 Å². The zero-order valence-corrected chi connectivity index (χ0v) is 13.6. The third kappa shape index (κ3) is 3.22. The Bertz CT molecular complexity index is 594. The molecule has 6 heteroatoms. The lowest BCUT2D eigenvalue weighted by atomic mass is 9.80. The summed E-state index contributed by atoms with van der Waals surface area (Å²) in [5.41, 5.74) is -0.179. The van der Waals surface area contributed by atoms with Crippen molar-refractivity contribution in [1.82, 2.24) is 14.8 Å². The highest BCUT2D eigenvalue weighted by Crippen LogP contribution is 2.33. The fourth-order valence-corrected chi connectivity index (χ4v) is 3.16. The van der Waals surface area contributed by atoms with Gasteiger partial charge in [0, 0.05) is 29.6 Å². The minimum Gasteiger partial charge on any atom is -0.248 e. The van der Waals surface area contributed by atoms with E-state index in [1.807, 2.05) is 18.5 Å². The molecule has 0 unspecified atom stereocenters. The van der Waals surface area contributed by atoms with E-state index < -0.39 is 5.41 Å². The van der Waals surface area contributed by atoms with Crippen LogP contribution in [-0.4, -0.2) is 26.5 Å². The Morgan fingerprint density at radius 3 is 2.48 bits per heavy atom. The molecule has 0 atom stereocenters. The summed E-state index contributed by atoms with van der Waals surface area (Å²) in [6, 6.07) is 6.78. The number of alkyl halides is 2. The van der Waals surface area contributed by atoms with Gasteiger partial charge in [0.15, 0.2) is 0 Å². The van der Waals surface area contributed by atoms with E-state index in [0.717, 1.165) is 5.82 Å². The Kier molecular flexibility index (Phi) is 5.22. The van der Waals surface area contributed by atoms with E-state index in [2.05, 4.69) is 10.1 Å². The summed E-state index contributed by atoms with van der Waals surface area (Å²) in [6.45, 7) is 4.04. The summed E-state index contributed by atoms with van der Waals surface area (Å²) in [4.78, 5) is 4.29. The van der Waals surface area contributed by atoms with E-state index >= 15 is 0 Å². The molecule has 2 aromatic rings. The van der Waals surface area contributed by atoms with Crippen molar-refractivity contribution in [3.8, 4) is 0 Å². The molecule has 0 saturated carbocycles. The normalized spacial score (nSPS) is 12.1. The Labute approximate surface area is 134 Å². The highest BCUT2D eigenvalue weighted by molar-refractivity contribution is 6.22. The van der Waals surface area contributed by atoms with Crippen LogP contribution in [0.1, 0.15) is 31.3 Å². The maximum absolute atomic E-state index is 14.2. The minimum atomic E-state index is -0.700. The molecule has 2 rings (SSSR count). The lowest BCUT2D eigenvalue weighted by Gasteiger charge is -2.30. The SMILES string of the molecule is CC(C)n1ncnc1CC(CCl)(CCl)c1ccccc1F. The molecular weight excluding hydrogens is 312 g/mol. The summed E-state index contributed by atoms with van der Waals surface area (Å²) >= 11 is 12.3. The van der Waals surface area contributed by atoms with Crippen molar-refractivity contribution in [2.45, 2.75) is 31.7 Å². The van der Waals surface area contributed by atoms with Crippen LogP contribution in [-0.2, 0) is 11.8 Å². The average molecular weight is 330 g/mol. The topological polar surface area (TPSA) is 30.7 Å². The Balaban J connectivity index is 2.44. The molecule has 0 radical (unpaired) electrons. The van der Waals surface area contributed by atoms with Crippen molar-refractivity contribution in [2.75, 3.05) is 11.8 Å². The van der Waals surface area contributed by atoms with Crippen LogP contribution < -0.4 is 0 Å². The molecule has 0 aliphatic heterocycles. The van der Waals surface area contributed by atoms with E-state index in [1.54, 1.807) is 18.2 Å². The van der Waals surface area contributed by atoms with Crippen molar-refractivity contribution in [3.63, 3.8) is 0 Å². The first-order chi connectivity index (χ1) is 10.0. The lowest BCUT2D eigenvalue weighted by Crippen LogP contribution is -2.35. The van der Waals surface area contributed by atoms with Crippen molar-refractivity contribution in [3.05, 3.63) is 47.8 Å². The molecule has 114 valence electrons. The summed E-state index contributed by atoms with van der Waals surface area (Å²) in [5, 5.41) is 4.21. The first-order valence-corrected chi connectivity index (χ1v) is 7.86. The monoisotopic (exact) mass is 329 g/mol. The summed E-state index contributed by atoms with van der Waals surface area (Å²) in [7, 11) is 0. The second kappa shape index (κ2) is 6.75. The highest BCUT2D eigenvalue weighted by Gasteiger charge is 2.35. The zero-order chi connectivity index (χ0) is 15.5. The number of rotatable bonds is 6. The van der Waals surface area contributed by atoms with Gasteiger partial charge in [-0.15, -0.1) is 23.2 Å². The van der Waals surface area contributed by atoms with Gasteiger partial charge >= 0.3 is 0 Å². The van der Waals surface area contributed by atoms with E-state index in [9.17, 15) is 4.39 Å².